The highest BCUT2D eigenvalue weighted by Gasteiger charge is 2.26. The second-order valence-electron chi connectivity index (χ2n) is 5.48. The molecule has 7 N–H and O–H groups in total. The smallest absolute Gasteiger partial charge is 0.326 e. The largest absolute Gasteiger partial charge is 0.481 e. The third-order valence-corrected chi connectivity index (χ3v) is 3.11. The lowest BCUT2D eigenvalue weighted by Crippen LogP contribution is -2.54. The molecule has 0 aliphatic heterocycles. The van der Waals surface area contributed by atoms with Gasteiger partial charge in [-0.1, -0.05) is 0 Å². The topological polar surface area (TPSA) is 205 Å². The van der Waals surface area contributed by atoms with Crippen LogP contribution < -0.4 is 21.7 Å². The first-order valence-electron chi connectivity index (χ1n) is 7.57. The van der Waals surface area contributed by atoms with Crippen LogP contribution in [0.25, 0.3) is 0 Å². The Labute approximate surface area is 148 Å². The van der Waals surface area contributed by atoms with Gasteiger partial charge in [-0.05, 0) is 13.8 Å². The number of carbonyl (C=O) groups is 6. The van der Waals surface area contributed by atoms with Crippen molar-refractivity contribution >= 4 is 35.6 Å². The Morgan fingerprint density at radius 1 is 0.846 bits per heavy atom. The van der Waals surface area contributed by atoms with Crippen molar-refractivity contribution in [3.8, 4) is 0 Å². The van der Waals surface area contributed by atoms with E-state index in [-0.39, 0.29) is 6.42 Å². The van der Waals surface area contributed by atoms with Gasteiger partial charge < -0.3 is 31.9 Å². The van der Waals surface area contributed by atoms with Crippen LogP contribution in [0.1, 0.15) is 33.1 Å². The van der Waals surface area contributed by atoms with Crippen LogP contribution in [-0.4, -0.2) is 63.9 Å². The molecular weight excluding hydrogens is 352 g/mol. The number of nitrogens with two attached hydrogens (primary N) is 1. The van der Waals surface area contributed by atoms with Crippen molar-refractivity contribution in [2.24, 2.45) is 5.73 Å². The SMILES string of the molecule is C[C@H](NC(=O)CCC(=O)O)C(=O)N[C@@H](C)C(=O)N[C@@H](CC(N)=O)C(=O)O. The molecule has 0 rings (SSSR count). The second kappa shape index (κ2) is 10.6. The summed E-state index contributed by atoms with van der Waals surface area (Å²) in [5, 5.41) is 24.0. The van der Waals surface area contributed by atoms with Crippen LogP contribution >= 0.6 is 0 Å². The summed E-state index contributed by atoms with van der Waals surface area (Å²) in [6.07, 6.45) is -1.32. The van der Waals surface area contributed by atoms with Crippen LogP contribution in [0, 0.1) is 0 Å². The molecule has 0 aliphatic carbocycles. The first-order valence-corrected chi connectivity index (χ1v) is 7.57. The van der Waals surface area contributed by atoms with E-state index < -0.39 is 66.5 Å². The number of hydrogen-bond donors (Lipinski definition) is 6. The summed E-state index contributed by atoms with van der Waals surface area (Å²) in [5.41, 5.74) is 4.89. The Hall–Kier alpha value is -3.18. The zero-order chi connectivity index (χ0) is 20.4. The van der Waals surface area contributed by atoms with Gasteiger partial charge in [0.15, 0.2) is 0 Å². The molecule has 0 unspecified atom stereocenters. The maximum atomic E-state index is 11.9. The number of primary amides is 1. The minimum Gasteiger partial charge on any atom is -0.481 e. The summed E-state index contributed by atoms with van der Waals surface area (Å²) < 4.78 is 0. The molecule has 0 saturated heterocycles. The lowest BCUT2D eigenvalue weighted by Gasteiger charge is -2.20. The fourth-order valence-corrected chi connectivity index (χ4v) is 1.70. The van der Waals surface area contributed by atoms with Gasteiger partial charge >= 0.3 is 11.9 Å². The molecule has 4 amide bonds. The van der Waals surface area contributed by atoms with E-state index in [9.17, 15) is 28.8 Å². The zero-order valence-corrected chi connectivity index (χ0v) is 14.3. The fourth-order valence-electron chi connectivity index (χ4n) is 1.70. The van der Waals surface area contributed by atoms with Crippen molar-refractivity contribution in [2.75, 3.05) is 0 Å². The van der Waals surface area contributed by atoms with Gasteiger partial charge in [0.2, 0.25) is 23.6 Å². The average Bonchev–Trinajstić information content (AvgIpc) is 2.51. The maximum Gasteiger partial charge on any atom is 0.326 e. The molecule has 3 atom stereocenters. The van der Waals surface area contributed by atoms with Gasteiger partial charge in [0, 0.05) is 6.42 Å². The molecule has 0 radical (unpaired) electrons. The van der Waals surface area contributed by atoms with Gasteiger partial charge in [0.05, 0.1) is 12.8 Å². The predicted octanol–water partition coefficient (Wildman–Crippen LogP) is -2.69. The Morgan fingerprint density at radius 2 is 1.35 bits per heavy atom. The second-order valence-corrected chi connectivity index (χ2v) is 5.48. The molecule has 0 aromatic carbocycles. The molecule has 0 aromatic rings. The summed E-state index contributed by atoms with van der Waals surface area (Å²) in [4.78, 5) is 67.4. The van der Waals surface area contributed by atoms with Crippen molar-refractivity contribution in [1.82, 2.24) is 16.0 Å². The van der Waals surface area contributed by atoms with E-state index in [1.54, 1.807) is 0 Å². The summed E-state index contributed by atoms with van der Waals surface area (Å²) in [6, 6.07) is -3.74. The van der Waals surface area contributed by atoms with E-state index in [0.29, 0.717) is 0 Å². The highest BCUT2D eigenvalue weighted by molar-refractivity contribution is 5.94. The molecule has 0 bridgehead atoms. The molecule has 26 heavy (non-hydrogen) atoms. The minimum atomic E-state index is -1.53. The molecule has 0 aromatic heterocycles. The number of amides is 4. The number of carboxylic acid groups (broad SMARTS) is 2. The molecule has 0 heterocycles. The molecule has 12 heteroatoms. The first kappa shape index (κ1) is 22.8. The Bertz CT molecular complexity index is 591. The lowest BCUT2D eigenvalue weighted by molar-refractivity contribution is -0.143. The van der Waals surface area contributed by atoms with Gasteiger partial charge in [-0.3, -0.25) is 24.0 Å². The standard InChI is InChI=1S/C14H22N4O8/c1-6(16-10(20)3-4-11(21)22)12(23)17-7(2)13(24)18-8(14(25)26)5-9(15)19/h6-8H,3-5H2,1-2H3,(H2,15,19)(H,16,20)(H,17,23)(H,18,24)(H,21,22)(H,25,26)/t6-,7-,8-/m0/s1. The first-order chi connectivity index (χ1) is 11.9. The maximum absolute atomic E-state index is 11.9. The number of nitrogens with one attached hydrogen (secondary N) is 3. The summed E-state index contributed by atoms with van der Waals surface area (Å²) >= 11 is 0. The highest BCUT2D eigenvalue weighted by atomic mass is 16.4. The summed E-state index contributed by atoms with van der Waals surface area (Å²) in [6.45, 7) is 2.60. The Kier molecular flexibility index (Phi) is 9.34. The van der Waals surface area contributed by atoms with E-state index in [4.69, 9.17) is 15.9 Å². The van der Waals surface area contributed by atoms with Crippen molar-refractivity contribution in [2.45, 2.75) is 51.2 Å². The lowest BCUT2D eigenvalue weighted by atomic mass is 10.1. The van der Waals surface area contributed by atoms with Crippen molar-refractivity contribution < 1.29 is 39.0 Å². The van der Waals surface area contributed by atoms with Gasteiger partial charge in [-0.2, -0.15) is 0 Å². The van der Waals surface area contributed by atoms with E-state index in [1.165, 1.54) is 13.8 Å². The van der Waals surface area contributed by atoms with E-state index in [1.807, 2.05) is 0 Å². The average molecular weight is 374 g/mol. The van der Waals surface area contributed by atoms with Crippen LogP contribution in [0.15, 0.2) is 0 Å². The molecule has 0 spiro atoms. The monoisotopic (exact) mass is 374 g/mol. The van der Waals surface area contributed by atoms with Crippen LogP contribution in [0.5, 0.6) is 0 Å². The third kappa shape index (κ3) is 9.20. The Morgan fingerprint density at radius 3 is 1.81 bits per heavy atom. The number of carbonyl (C=O) groups excluding carboxylic acids is 4. The molecule has 12 nitrogen and oxygen atoms in total. The van der Waals surface area contributed by atoms with Crippen molar-refractivity contribution in [1.29, 1.82) is 0 Å². The quantitative estimate of drug-likeness (QED) is 0.224. The molecule has 146 valence electrons. The van der Waals surface area contributed by atoms with Crippen molar-refractivity contribution in [3.63, 3.8) is 0 Å². The summed E-state index contributed by atoms with van der Waals surface area (Å²) in [7, 11) is 0. The number of aliphatic carboxylic acids is 2. The van der Waals surface area contributed by atoms with Gasteiger partial charge in [0.1, 0.15) is 18.1 Å². The van der Waals surface area contributed by atoms with E-state index in [0.717, 1.165) is 0 Å². The Balaban J connectivity index is 4.56. The normalized spacial score (nSPS) is 13.6. The number of hydrogen-bond acceptors (Lipinski definition) is 6. The zero-order valence-electron chi connectivity index (χ0n) is 14.3. The van der Waals surface area contributed by atoms with Gasteiger partial charge in [-0.15, -0.1) is 0 Å². The molecule has 0 fully saturated rings. The van der Waals surface area contributed by atoms with Crippen molar-refractivity contribution in [3.05, 3.63) is 0 Å². The number of carboxylic acids is 2. The highest BCUT2D eigenvalue weighted by Crippen LogP contribution is 1.96. The number of rotatable bonds is 11. The van der Waals surface area contributed by atoms with Crippen LogP contribution in [0.4, 0.5) is 0 Å². The van der Waals surface area contributed by atoms with Crippen LogP contribution in [-0.2, 0) is 28.8 Å². The van der Waals surface area contributed by atoms with Gasteiger partial charge in [0.25, 0.3) is 0 Å². The predicted molar refractivity (Wildman–Crippen MR) is 85.5 cm³/mol. The molecule has 0 saturated carbocycles. The van der Waals surface area contributed by atoms with Crippen LogP contribution in [0.3, 0.4) is 0 Å². The van der Waals surface area contributed by atoms with E-state index in [2.05, 4.69) is 16.0 Å². The summed E-state index contributed by atoms with van der Waals surface area (Å²) in [5.74, 6) is -5.80. The minimum absolute atomic E-state index is 0.309. The molecule has 0 aliphatic rings. The van der Waals surface area contributed by atoms with Crippen LogP contribution in [0.2, 0.25) is 0 Å². The van der Waals surface area contributed by atoms with E-state index >= 15 is 0 Å². The fraction of sp³-hybridized carbons (Fsp3) is 0.571. The molecular formula is C14H22N4O8. The third-order valence-electron chi connectivity index (χ3n) is 3.11. The van der Waals surface area contributed by atoms with Gasteiger partial charge in [-0.25, -0.2) is 4.79 Å².